The molecule has 0 aliphatic carbocycles. The second-order valence-electron chi connectivity index (χ2n) is 5.85. The van der Waals surface area contributed by atoms with Crippen LogP contribution in [0.5, 0.6) is 5.88 Å². The van der Waals surface area contributed by atoms with Crippen molar-refractivity contribution in [3.8, 4) is 27.2 Å². The highest BCUT2D eigenvalue weighted by atomic mass is 32.1. The molecule has 1 aliphatic heterocycles. The highest BCUT2D eigenvalue weighted by Gasteiger charge is 2.23. The smallest absolute Gasteiger partial charge is 0.261 e. The molecule has 0 amide bonds. The molecular weight excluding hydrogens is 352 g/mol. The number of pyridine rings is 1. The van der Waals surface area contributed by atoms with Crippen molar-refractivity contribution in [2.24, 2.45) is 5.16 Å². The molecule has 4 heterocycles. The summed E-state index contributed by atoms with van der Waals surface area (Å²) < 4.78 is 5.53. The van der Waals surface area contributed by atoms with Crippen LogP contribution in [-0.2, 0) is 4.84 Å². The summed E-state index contributed by atoms with van der Waals surface area (Å²) >= 11 is 1.48. The molecule has 0 unspecified atom stereocenters. The van der Waals surface area contributed by atoms with E-state index in [9.17, 15) is 0 Å². The van der Waals surface area contributed by atoms with E-state index < -0.39 is 0 Å². The number of ether oxygens (including phenoxy) is 1. The van der Waals surface area contributed by atoms with Crippen LogP contribution in [0, 0.1) is 0 Å². The largest absolute Gasteiger partial charge is 0.475 e. The summed E-state index contributed by atoms with van der Waals surface area (Å²) in [7, 11) is 0. The second kappa shape index (κ2) is 7.12. The molecule has 0 saturated heterocycles. The third-order valence-electron chi connectivity index (χ3n) is 3.52. The fraction of sp³-hybridized carbons (Fsp3) is 0.294. The van der Waals surface area contributed by atoms with Gasteiger partial charge in [0.1, 0.15) is 16.8 Å². The van der Waals surface area contributed by atoms with Crippen molar-refractivity contribution in [1.29, 1.82) is 0 Å². The fourth-order valence-electron chi connectivity index (χ4n) is 2.33. The molecule has 0 N–H and O–H groups in total. The highest BCUT2D eigenvalue weighted by molar-refractivity contribution is 7.18. The molecule has 0 bridgehead atoms. The quantitative estimate of drug-likeness (QED) is 0.653. The Morgan fingerprint density at radius 2 is 2.19 bits per heavy atom. The van der Waals surface area contributed by atoms with Crippen molar-refractivity contribution in [2.75, 3.05) is 6.61 Å². The zero-order chi connectivity index (χ0) is 17.9. The van der Waals surface area contributed by atoms with Crippen molar-refractivity contribution in [2.45, 2.75) is 26.4 Å². The number of hydrogen-bond acceptors (Lipinski definition) is 9. The van der Waals surface area contributed by atoms with Gasteiger partial charge in [0, 0.05) is 30.6 Å². The summed E-state index contributed by atoms with van der Waals surface area (Å²) in [5.74, 6) is 0.863. The Hall–Kier alpha value is -2.94. The summed E-state index contributed by atoms with van der Waals surface area (Å²) in [6.45, 7) is 4.32. The van der Waals surface area contributed by atoms with Crippen LogP contribution in [0.1, 0.15) is 26.0 Å². The Morgan fingerprint density at radius 3 is 3.00 bits per heavy atom. The molecule has 0 radical (unpaired) electrons. The van der Waals surface area contributed by atoms with E-state index in [1.807, 2.05) is 26.0 Å². The van der Waals surface area contributed by atoms with Crippen LogP contribution in [0.25, 0.3) is 21.3 Å². The minimum Gasteiger partial charge on any atom is -0.475 e. The minimum absolute atomic E-state index is 0.00778. The number of aromatic nitrogens is 5. The van der Waals surface area contributed by atoms with Gasteiger partial charge in [0.15, 0.2) is 11.5 Å². The number of oxime groups is 1. The van der Waals surface area contributed by atoms with Gasteiger partial charge < -0.3 is 9.57 Å². The van der Waals surface area contributed by atoms with Crippen LogP contribution in [0.15, 0.2) is 35.9 Å². The number of hydrogen-bond donors (Lipinski definition) is 0. The molecule has 0 atom stereocenters. The summed E-state index contributed by atoms with van der Waals surface area (Å²) in [4.78, 5) is 19.3. The molecule has 0 fully saturated rings. The van der Waals surface area contributed by atoms with Gasteiger partial charge in [-0.2, -0.15) is 0 Å². The van der Waals surface area contributed by atoms with Crippen molar-refractivity contribution in [3.63, 3.8) is 0 Å². The minimum atomic E-state index is -0.00778. The maximum absolute atomic E-state index is 5.53. The first-order valence-electron chi connectivity index (χ1n) is 8.18. The molecule has 0 spiro atoms. The zero-order valence-electron chi connectivity index (χ0n) is 14.3. The molecule has 26 heavy (non-hydrogen) atoms. The van der Waals surface area contributed by atoms with Gasteiger partial charge in [-0.05, 0) is 26.0 Å². The predicted molar refractivity (Wildman–Crippen MR) is 97.0 cm³/mol. The van der Waals surface area contributed by atoms with Gasteiger partial charge in [0.05, 0.1) is 11.5 Å². The lowest BCUT2D eigenvalue weighted by Gasteiger charge is -2.16. The van der Waals surface area contributed by atoms with Crippen molar-refractivity contribution < 1.29 is 9.57 Å². The van der Waals surface area contributed by atoms with Crippen LogP contribution >= 0.6 is 11.3 Å². The molecule has 8 nitrogen and oxygen atoms in total. The van der Waals surface area contributed by atoms with E-state index in [4.69, 9.17) is 9.57 Å². The summed E-state index contributed by atoms with van der Waals surface area (Å²) in [5.41, 5.74) is 2.23. The SMILES string of the molecule is CC(C)ON=C1CCOc2nnc(-c3cnc(-c4cccnc4)s3)nc21. The first kappa shape index (κ1) is 16.5. The molecule has 1 aliphatic rings. The summed E-state index contributed by atoms with van der Waals surface area (Å²) in [6.07, 6.45) is 5.85. The number of rotatable bonds is 4. The molecule has 9 heteroatoms. The van der Waals surface area contributed by atoms with E-state index in [1.165, 1.54) is 11.3 Å². The van der Waals surface area contributed by atoms with Crippen molar-refractivity contribution >= 4 is 17.0 Å². The highest BCUT2D eigenvalue weighted by Crippen LogP contribution is 2.31. The number of fused-ring (bicyclic) bond motifs is 1. The van der Waals surface area contributed by atoms with Gasteiger partial charge in [-0.3, -0.25) is 4.98 Å². The van der Waals surface area contributed by atoms with E-state index in [0.717, 1.165) is 15.4 Å². The van der Waals surface area contributed by atoms with E-state index in [-0.39, 0.29) is 6.10 Å². The predicted octanol–water partition coefficient (Wildman–Crippen LogP) is 2.97. The standard InChI is InChI=1S/C17H16N6O2S/c1-10(2)25-23-12-5-7-24-16-14(12)20-15(21-22-16)13-9-19-17(26-13)11-4-3-6-18-8-11/h3-4,6,8-10H,5,7H2,1-2H3. The first-order chi connectivity index (χ1) is 12.7. The maximum atomic E-state index is 5.53. The molecular formula is C17H16N6O2S. The van der Waals surface area contributed by atoms with Crippen molar-refractivity contribution in [1.82, 2.24) is 25.1 Å². The topological polar surface area (TPSA) is 95.3 Å². The number of thiazole rings is 1. The summed E-state index contributed by atoms with van der Waals surface area (Å²) in [6, 6.07) is 3.84. The van der Waals surface area contributed by atoms with Gasteiger partial charge in [0.25, 0.3) is 5.88 Å². The van der Waals surface area contributed by atoms with Gasteiger partial charge in [-0.25, -0.2) is 9.97 Å². The monoisotopic (exact) mass is 368 g/mol. The summed E-state index contributed by atoms with van der Waals surface area (Å²) in [5, 5.41) is 13.4. The molecule has 0 aromatic carbocycles. The van der Waals surface area contributed by atoms with Crippen molar-refractivity contribution in [3.05, 3.63) is 36.4 Å². The molecule has 132 valence electrons. The van der Waals surface area contributed by atoms with E-state index in [1.54, 1.807) is 18.6 Å². The van der Waals surface area contributed by atoms with Crippen LogP contribution in [-0.4, -0.2) is 43.6 Å². The van der Waals surface area contributed by atoms with Crippen LogP contribution in [0.3, 0.4) is 0 Å². The average Bonchev–Trinajstić information content (AvgIpc) is 3.17. The fourth-order valence-corrected chi connectivity index (χ4v) is 3.16. The van der Waals surface area contributed by atoms with Gasteiger partial charge >= 0.3 is 0 Å². The van der Waals surface area contributed by atoms with E-state index >= 15 is 0 Å². The molecule has 0 saturated carbocycles. The van der Waals surface area contributed by atoms with E-state index in [2.05, 4.69) is 30.3 Å². The molecule has 4 rings (SSSR count). The Bertz CT molecular complexity index is 941. The first-order valence-corrected chi connectivity index (χ1v) is 8.99. The maximum Gasteiger partial charge on any atom is 0.261 e. The normalized spacial score (nSPS) is 15.0. The Labute approximate surface area is 154 Å². The Kier molecular flexibility index (Phi) is 4.53. The Morgan fingerprint density at radius 1 is 1.27 bits per heavy atom. The van der Waals surface area contributed by atoms with Crippen LogP contribution in [0.4, 0.5) is 0 Å². The molecule has 3 aromatic rings. The third kappa shape index (κ3) is 3.38. The van der Waals surface area contributed by atoms with E-state index in [0.29, 0.717) is 36.1 Å². The molecule has 3 aromatic heterocycles. The lowest BCUT2D eigenvalue weighted by Crippen LogP contribution is -2.21. The van der Waals surface area contributed by atoms with Crippen LogP contribution in [0.2, 0.25) is 0 Å². The van der Waals surface area contributed by atoms with Crippen LogP contribution < -0.4 is 4.74 Å². The lowest BCUT2D eigenvalue weighted by atomic mass is 10.2. The lowest BCUT2D eigenvalue weighted by molar-refractivity contribution is 0.0848. The average molecular weight is 368 g/mol. The van der Waals surface area contributed by atoms with Gasteiger partial charge in [-0.15, -0.1) is 21.5 Å². The second-order valence-corrected chi connectivity index (χ2v) is 6.88. The number of nitrogens with zero attached hydrogens (tertiary/aromatic N) is 6. The Balaban J connectivity index is 1.68. The van der Waals surface area contributed by atoms with Gasteiger partial charge in [0.2, 0.25) is 0 Å². The zero-order valence-corrected chi connectivity index (χ0v) is 15.1. The van der Waals surface area contributed by atoms with Gasteiger partial charge in [-0.1, -0.05) is 5.16 Å². The third-order valence-corrected chi connectivity index (χ3v) is 4.56.